The van der Waals surface area contributed by atoms with Crippen molar-refractivity contribution in [2.75, 3.05) is 11.9 Å². The Kier molecular flexibility index (Phi) is 6.32. The highest BCUT2D eigenvalue weighted by Gasteiger charge is 2.30. The van der Waals surface area contributed by atoms with E-state index in [1.165, 1.54) is 12.3 Å². The van der Waals surface area contributed by atoms with Gasteiger partial charge in [-0.25, -0.2) is 13.8 Å². The van der Waals surface area contributed by atoms with Crippen LogP contribution >= 0.6 is 11.6 Å². The molecule has 1 N–H and O–H groups in total. The van der Waals surface area contributed by atoms with Gasteiger partial charge in [0, 0.05) is 29.8 Å². The molecule has 1 aliphatic heterocycles. The van der Waals surface area contributed by atoms with Crippen molar-refractivity contribution in [3.05, 3.63) is 52.2 Å². The van der Waals surface area contributed by atoms with Gasteiger partial charge in [-0.2, -0.15) is 0 Å². The van der Waals surface area contributed by atoms with Crippen LogP contribution in [-0.2, 0) is 17.9 Å². The second-order valence-corrected chi connectivity index (χ2v) is 7.36. The smallest absolute Gasteiger partial charge is 0.272 e. The molecule has 154 valence electrons. The fraction of sp³-hybridized carbons (Fsp3) is 0.350. The number of alkyl halides is 2. The van der Waals surface area contributed by atoms with Gasteiger partial charge in [0.2, 0.25) is 5.91 Å². The van der Waals surface area contributed by atoms with Crippen molar-refractivity contribution in [2.45, 2.75) is 33.4 Å². The molecule has 0 unspecified atom stereocenters. The number of carbonyl (C=O) groups excluding carboxylic acids is 2. The summed E-state index contributed by atoms with van der Waals surface area (Å²) in [7, 11) is 0. The van der Waals surface area contributed by atoms with Crippen molar-refractivity contribution in [2.24, 2.45) is 5.92 Å². The maximum Gasteiger partial charge on any atom is 0.272 e. The summed E-state index contributed by atoms with van der Waals surface area (Å²) in [6.45, 7) is 3.36. The maximum absolute atomic E-state index is 12.7. The van der Waals surface area contributed by atoms with Crippen LogP contribution < -0.4 is 10.1 Å². The van der Waals surface area contributed by atoms with Gasteiger partial charge in [-0.1, -0.05) is 31.5 Å². The number of fused-ring (bicyclic) bond motifs is 1. The fourth-order valence-corrected chi connectivity index (χ4v) is 3.17. The molecule has 1 aliphatic rings. The van der Waals surface area contributed by atoms with E-state index < -0.39 is 13.0 Å². The standard InChI is InChI=1S/C20H20ClF2N3O3/c1-11(2)19(27)25-18-14-9-26(20(28)13(14)5-6-24-18)8-12-3-4-16(15(21)7-12)29-10-17(22)23/h3-7,11,17H,8-10H2,1-2H3,(H,24,25,27). The Labute approximate surface area is 171 Å². The number of nitrogens with zero attached hydrogens (tertiary/aromatic N) is 2. The van der Waals surface area contributed by atoms with E-state index >= 15 is 0 Å². The van der Waals surface area contributed by atoms with Crippen LogP contribution in [0.4, 0.5) is 14.6 Å². The Morgan fingerprint density at radius 2 is 2.10 bits per heavy atom. The van der Waals surface area contributed by atoms with Crippen LogP contribution in [0.2, 0.25) is 5.02 Å². The number of amides is 2. The minimum atomic E-state index is -2.59. The zero-order valence-electron chi connectivity index (χ0n) is 15.9. The van der Waals surface area contributed by atoms with Gasteiger partial charge in [-0.05, 0) is 23.8 Å². The minimum Gasteiger partial charge on any atom is -0.486 e. The third-order valence-corrected chi connectivity index (χ3v) is 4.72. The SMILES string of the molecule is CC(C)C(=O)Nc1nccc2c1CN(Cc1ccc(OCC(F)F)c(Cl)c1)C2=O. The van der Waals surface area contributed by atoms with Gasteiger partial charge in [0.1, 0.15) is 18.2 Å². The zero-order valence-corrected chi connectivity index (χ0v) is 16.7. The molecule has 3 rings (SSSR count). The van der Waals surface area contributed by atoms with E-state index in [2.05, 4.69) is 10.3 Å². The number of pyridine rings is 1. The highest BCUT2D eigenvalue weighted by atomic mass is 35.5. The lowest BCUT2D eigenvalue weighted by Crippen LogP contribution is -2.23. The number of rotatable bonds is 7. The van der Waals surface area contributed by atoms with Crippen molar-refractivity contribution in [1.29, 1.82) is 0 Å². The highest BCUT2D eigenvalue weighted by Crippen LogP contribution is 2.31. The summed E-state index contributed by atoms with van der Waals surface area (Å²) in [5.41, 5.74) is 1.87. The molecule has 1 aromatic carbocycles. The highest BCUT2D eigenvalue weighted by molar-refractivity contribution is 6.32. The van der Waals surface area contributed by atoms with Crippen LogP contribution in [-0.4, -0.2) is 34.7 Å². The molecule has 0 saturated heterocycles. The van der Waals surface area contributed by atoms with Gasteiger partial charge < -0.3 is 15.0 Å². The van der Waals surface area contributed by atoms with Crippen molar-refractivity contribution < 1.29 is 23.1 Å². The molecule has 0 atom stereocenters. The van der Waals surface area contributed by atoms with E-state index in [4.69, 9.17) is 16.3 Å². The summed E-state index contributed by atoms with van der Waals surface area (Å²) >= 11 is 6.11. The number of hydrogen-bond acceptors (Lipinski definition) is 4. The summed E-state index contributed by atoms with van der Waals surface area (Å²) in [5.74, 6) is -0.0335. The minimum absolute atomic E-state index is 0.162. The van der Waals surface area contributed by atoms with Gasteiger partial charge in [0.25, 0.3) is 12.3 Å². The normalized spacial score (nSPS) is 13.2. The lowest BCUT2D eigenvalue weighted by molar-refractivity contribution is -0.118. The van der Waals surface area contributed by atoms with E-state index in [1.807, 2.05) is 0 Å². The number of carbonyl (C=O) groups is 2. The molecule has 9 heteroatoms. The number of aromatic nitrogens is 1. The van der Waals surface area contributed by atoms with E-state index in [9.17, 15) is 18.4 Å². The van der Waals surface area contributed by atoms with Crippen molar-refractivity contribution in [3.8, 4) is 5.75 Å². The monoisotopic (exact) mass is 423 g/mol. The first-order valence-electron chi connectivity index (χ1n) is 9.03. The summed E-state index contributed by atoms with van der Waals surface area (Å²) in [6, 6.07) is 6.38. The lowest BCUT2D eigenvalue weighted by Gasteiger charge is -2.17. The fourth-order valence-electron chi connectivity index (χ4n) is 2.92. The van der Waals surface area contributed by atoms with Gasteiger partial charge >= 0.3 is 0 Å². The van der Waals surface area contributed by atoms with Crippen LogP contribution in [0.1, 0.15) is 35.3 Å². The first-order chi connectivity index (χ1) is 13.8. The average molecular weight is 424 g/mol. The molecule has 2 heterocycles. The summed E-state index contributed by atoms with van der Waals surface area (Å²) in [6.07, 6.45) is -1.10. The Hall–Kier alpha value is -2.74. The Morgan fingerprint density at radius 3 is 2.76 bits per heavy atom. The van der Waals surface area contributed by atoms with Gasteiger partial charge in [-0.3, -0.25) is 9.59 Å². The predicted octanol–water partition coefficient (Wildman–Crippen LogP) is 4.13. The number of halogens is 3. The molecular weight excluding hydrogens is 404 g/mol. The Balaban J connectivity index is 1.74. The number of anilines is 1. The number of benzene rings is 1. The van der Waals surface area contributed by atoms with Crippen LogP contribution in [0.15, 0.2) is 30.5 Å². The first kappa shape index (κ1) is 21.0. The van der Waals surface area contributed by atoms with E-state index in [0.717, 1.165) is 5.56 Å². The molecule has 2 aromatic rings. The van der Waals surface area contributed by atoms with Gasteiger partial charge in [-0.15, -0.1) is 0 Å². The molecule has 2 amide bonds. The number of hydrogen-bond donors (Lipinski definition) is 1. The molecule has 0 fully saturated rings. The van der Waals surface area contributed by atoms with Crippen LogP contribution in [0.3, 0.4) is 0 Å². The second kappa shape index (κ2) is 8.73. The van der Waals surface area contributed by atoms with Crippen molar-refractivity contribution in [3.63, 3.8) is 0 Å². The third kappa shape index (κ3) is 4.82. The molecular formula is C20H20ClF2N3O3. The Bertz CT molecular complexity index is 937. The molecule has 29 heavy (non-hydrogen) atoms. The van der Waals surface area contributed by atoms with Crippen molar-refractivity contribution >= 4 is 29.2 Å². The van der Waals surface area contributed by atoms with E-state index in [-0.39, 0.29) is 41.6 Å². The molecule has 1 aromatic heterocycles. The largest absolute Gasteiger partial charge is 0.486 e. The molecule has 0 spiro atoms. The second-order valence-electron chi connectivity index (χ2n) is 6.96. The van der Waals surface area contributed by atoms with Crippen LogP contribution in [0.25, 0.3) is 0 Å². The average Bonchev–Trinajstić information content (AvgIpc) is 2.98. The first-order valence-corrected chi connectivity index (χ1v) is 9.41. The van der Waals surface area contributed by atoms with E-state index in [0.29, 0.717) is 16.9 Å². The number of ether oxygens (including phenoxy) is 1. The molecule has 0 saturated carbocycles. The molecule has 6 nitrogen and oxygen atoms in total. The summed E-state index contributed by atoms with van der Waals surface area (Å²) in [4.78, 5) is 30.6. The van der Waals surface area contributed by atoms with E-state index in [1.54, 1.807) is 36.9 Å². The van der Waals surface area contributed by atoms with Crippen LogP contribution in [0.5, 0.6) is 5.75 Å². The zero-order chi connectivity index (χ0) is 21.1. The maximum atomic E-state index is 12.7. The molecule has 0 bridgehead atoms. The summed E-state index contributed by atoms with van der Waals surface area (Å²) in [5, 5.41) is 2.95. The Morgan fingerprint density at radius 1 is 1.34 bits per heavy atom. The van der Waals surface area contributed by atoms with Gasteiger partial charge in [0.15, 0.2) is 0 Å². The van der Waals surface area contributed by atoms with Gasteiger partial charge in [0.05, 0.1) is 11.6 Å². The predicted molar refractivity (Wildman–Crippen MR) is 104 cm³/mol. The summed E-state index contributed by atoms with van der Waals surface area (Å²) < 4.78 is 29.5. The van der Waals surface area contributed by atoms with Crippen molar-refractivity contribution in [1.82, 2.24) is 9.88 Å². The number of nitrogens with one attached hydrogen (secondary N) is 1. The molecule has 0 radical (unpaired) electrons. The lowest BCUT2D eigenvalue weighted by atomic mass is 10.1. The quantitative estimate of drug-likeness (QED) is 0.726. The third-order valence-electron chi connectivity index (χ3n) is 4.42. The topological polar surface area (TPSA) is 71.5 Å². The van der Waals surface area contributed by atoms with Crippen LogP contribution in [0, 0.1) is 5.92 Å². The molecule has 0 aliphatic carbocycles.